The number of nitrogen functional groups attached to an aromatic ring is 1. The molecule has 4 rings (SSSR count). The fraction of sp³-hybridized carbons (Fsp3) is 0.250. The minimum Gasteiger partial charge on any atom is -0.398 e. The molecule has 0 saturated carbocycles. The molecule has 1 aliphatic rings. The molecule has 24 heavy (non-hydrogen) atoms. The van der Waals surface area contributed by atoms with Crippen molar-refractivity contribution in [2.24, 2.45) is 0 Å². The van der Waals surface area contributed by atoms with Gasteiger partial charge in [-0.3, -0.25) is 4.90 Å². The van der Waals surface area contributed by atoms with Crippen molar-refractivity contribution in [2.45, 2.75) is 19.4 Å². The van der Waals surface area contributed by atoms with Crippen molar-refractivity contribution in [1.29, 1.82) is 0 Å². The van der Waals surface area contributed by atoms with Gasteiger partial charge in [0.15, 0.2) is 0 Å². The summed E-state index contributed by atoms with van der Waals surface area (Å²) in [5.41, 5.74) is 10.1. The Balaban J connectivity index is 1.73. The molecule has 0 atom stereocenters. The van der Waals surface area contributed by atoms with Gasteiger partial charge < -0.3 is 5.73 Å². The summed E-state index contributed by atoms with van der Waals surface area (Å²) in [6.07, 6.45) is 2.40. The summed E-state index contributed by atoms with van der Waals surface area (Å²) in [5.74, 6) is -0.153. The van der Waals surface area contributed by atoms with Gasteiger partial charge in [0.05, 0.1) is 11.2 Å². The van der Waals surface area contributed by atoms with Crippen LogP contribution in [-0.2, 0) is 6.54 Å². The molecule has 3 nitrogen and oxygen atoms in total. The Kier molecular flexibility index (Phi) is 3.90. The molecule has 0 unspecified atom stereocenters. The predicted octanol–water partition coefficient (Wildman–Crippen LogP) is 4.22. The molecular formula is C20H20FN3. The first kappa shape index (κ1) is 15.1. The highest BCUT2D eigenvalue weighted by molar-refractivity contribution is 5.92. The fourth-order valence-electron chi connectivity index (χ4n) is 3.39. The molecule has 4 heteroatoms. The van der Waals surface area contributed by atoms with Gasteiger partial charge >= 0.3 is 0 Å². The Bertz CT molecular complexity index is 885. The molecule has 0 spiro atoms. The highest BCUT2D eigenvalue weighted by Crippen LogP contribution is 2.28. The van der Waals surface area contributed by atoms with E-state index in [0.29, 0.717) is 12.2 Å². The van der Waals surface area contributed by atoms with Crippen LogP contribution >= 0.6 is 0 Å². The molecule has 2 N–H and O–H groups in total. The SMILES string of the molecule is Nc1cc(-c2ccc(F)c(CN3CCCC3)c2)nc2ccccc12. The van der Waals surface area contributed by atoms with E-state index in [1.165, 1.54) is 18.9 Å². The minimum atomic E-state index is -0.153. The highest BCUT2D eigenvalue weighted by Gasteiger charge is 2.15. The number of fused-ring (bicyclic) bond motifs is 1. The molecule has 0 radical (unpaired) electrons. The highest BCUT2D eigenvalue weighted by atomic mass is 19.1. The van der Waals surface area contributed by atoms with Crippen LogP contribution in [0.15, 0.2) is 48.5 Å². The Morgan fingerprint density at radius 2 is 1.83 bits per heavy atom. The van der Waals surface area contributed by atoms with Gasteiger partial charge in [0.2, 0.25) is 0 Å². The van der Waals surface area contributed by atoms with E-state index in [-0.39, 0.29) is 5.82 Å². The lowest BCUT2D eigenvalue weighted by molar-refractivity contribution is 0.325. The second kappa shape index (κ2) is 6.21. The number of hydrogen-bond donors (Lipinski definition) is 1. The predicted molar refractivity (Wildman–Crippen MR) is 96.1 cm³/mol. The summed E-state index contributed by atoms with van der Waals surface area (Å²) in [7, 11) is 0. The van der Waals surface area contributed by atoms with Crippen molar-refractivity contribution in [3.05, 3.63) is 59.9 Å². The second-order valence-corrected chi connectivity index (χ2v) is 6.40. The standard InChI is InChI=1S/C20H20FN3/c21-17-8-7-14(11-15(17)13-24-9-3-4-10-24)20-12-18(22)16-5-1-2-6-19(16)23-20/h1-2,5-8,11-12H,3-4,9-10,13H2,(H2,22,23). The molecule has 1 saturated heterocycles. The summed E-state index contributed by atoms with van der Waals surface area (Å²) in [4.78, 5) is 6.99. The van der Waals surface area contributed by atoms with Crippen LogP contribution in [0, 0.1) is 5.82 Å². The largest absolute Gasteiger partial charge is 0.398 e. The molecule has 0 amide bonds. The van der Waals surface area contributed by atoms with Crippen molar-refractivity contribution in [3.63, 3.8) is 0 Å². The first-order valence-corrected chi connectivity index (χ1v) is 8.37. The van der Waals surface area contributed by atoms with Gasteiger partial charge in [-0.15, -0.1) is 0 Å². The van der Waals surface area contributed by atoms with Crippen LogP contribution in [0.5, 0.6) is 0 Å². The maximum absolute atomic E-state index is 14.2. The number of rotatable bonds is 3. The lowest BCUT2D eigenvalue weighted by Gasteiger charge is -2.16. The van der Waals surface area contributed by atoms with E-state index in [9.17, 15) is 4.39 Å². The summed E-state index contributed by atoms with van der Waals surface area (Å²) in [5, 5.41) is 0.945. The quantitative estimate of drug-likeness (QED) is 0.785. The van der Waals surface area contributed by atoms with Crippen LogP contribution in [0.1, 0.15) is 18.4 Å². The Morgan fingerprint density at radius 3 is 2.67 bits per heavy atom. The van der Waals surface area contributed by atoms with Crippen LogP contribution in [0.3, 0.4) is 0 Å². The van der Waals surface area contributed by atoms with E-state index in [1.54, 1.807) is 6.07 Å². The van der Waals surface area contributed by atoms with Crippen LogP contribution < -0.4 is 5.73 Å². The smallest absolute Gasteiger partial charge is 0.127 e. The molecule has 3 aromatic rings. The molecule has 122 valence electrons. The van der Waals surface area contributed by atoms with E-state index in [1.807, 2.05) is 36.4 Å². The Labute approximate surface area is 140 Å². The normalized spacial score (nSPS) is 15.2. The summed E-state index contributed by atoms with van der Waals surface area (Å²) in [6.45, 7) is 2.75. The van der Waals surface area contributed by atoms with Gasteiger partial charge in [-0.05, 0) is 56.3 Å². The molecule has 1 aliphatic heterocycles. The zero-order valence-corrected chi connectivity index (χ0v) is 13.5. The van der Waals surface area contributed by atoms with Crippen molar-refractivity contribution in [3.8, 4) is 11.3 Å². The van der Waals surface area contributed by atoms with Gasteiger partial charge in [0.25, 0.3) is 0 Å². The number of nitrogens with zero attached hydrogens (tertiary/aromatic N) is 2. The number of anilines is 1. The average Bonchev–Trinajstić information content (AvgIpc) is 3.10. The topological polar surface area (TPSA) is 42.1 Å². The molecule has 1 fully saturated rings. The number of para-hydroxylation sites is 1. The van der Waals surface area contributed by atoms with Gasteiger partial charge in [-0.2, -0.15) is 0 Å². The molecule has 0 bridgehead atoms. The van der Waals surface area contributed by atoms with E-state index in [0.717, 1.165) is 40.8 Å². The number of benzene rings is 2. The number of halogens is 1. The van der Waals surface area contributed by atoms with Crippen LogP contribution in [-0.4, -0.2) is 23.0 Å². The maximum Gasteiger partial charge on any atom is 0.127 e. The number of hydrogen-bond acceptors (Lipinski definition) is 3. The fourth-order valence-corrected chi connectivity index (χ4v) is 3.39. The second-order valence-electron chi connectivity index (χ2n) is 6.40. The summed E-state index contributed by atoms with van der Waals surface area (Å²) in [6, 6.07) is 14.9. The van der Waals surface area contributed by atoms with Gasteiger partial charge in [-0.1, -0.05) is 18.2 Å². The molecule has 2 aromatic carbocycles. The number of likely N-dealkylation sites (tertiary alicyclic amines) is 1. The van der Waals surface area contributed by atoms with Crippen LogP contribution in [0.2, 0.25) is 0 Å². The van der Waals surface area contributed by atoms with Crippen molar-refractivity contribution < 1.29 is 4.39 Å². The first-order chi connectivity index (χ1) is 11.7. The van der Waals surface area contributed by atoms with Gasteiger partial charge in [0, 0.05) is 28.7 Å². The third kappa shape index (κ3) is 2.85. The third-order valence-electron chi connectivity index (χ3n) is 4.68. The number of pyridine rings is 1. The summed E-state index contributed by atoms with van der Waals surface area (Å²) < 4.78 is 14.2. The lowest BCUT2D eigenvalue weighted by Crippen LogP contribution is -2.19. The zero-order valence-electron chi connectivity index (χ0n) is 13.5. The van der Waals surface area contributed by atoms with Crippen molar-refractivity contribution >= 4 is 16.6 Å². The summed E-state index contributed by atoms with van der Waals surface area (Å²) >= 11 is 0. The van der Waals surface area contributed by atoms with Crippen molar-refractivity contribution in [2.75, 3.05) is 18.8 Å². The van der Waals surface area contributed by atoms with Crippen LogP contribution in [0.25, 0.3) is 22.2 Å². The Morgan fingerprint density at radius 1 is 1.04 bits per heavy atom. The van der Waals surface area contributed by atoms with E-state index in [2.05, 4.69) is 4.90 Å². The van der Waals surface area contributed by atoms with Crippen molar-refractivity contribution in [1.82, 2.24) is 9.88 Å². The first-order valence-electron chi connectivity index (χ1n) is 8.37. The number of aromatic nitrogens is 1. The average molecular weight is 321 g/mol. The minimum absolute atomic E-state index is 0.153. The van der Waals surface area contributed by atoms with Gasteiger partial charge in [0.1, 0.15) is 5.82 Å². The zero-order chi connectivity index (χ0) is 16.5. The van der Waals surface area contributed by atoms with E-state index >= 15 is 0 Å². The molecule has 1 aromatic heterocycles. The third-order valence-corrected chi connectivity index (χ3v) is 4.68. The van der Waals surface area contributed by atoms with E-state index < -0.39 is 0 Å². The van der Waals surface area contributed by atoms with Crippen LogP contribution in [0.4, 0.5) is 10.1 Å². The molecular weight excluding hydrogens is 301 g/mol. The number of nitrogens with two attached hydrogens (primary N) is 1. The van der Waals surface area contributed by atoms with Gasteiger partial charge in [-0.25, -0.2) is 9.37 Å². The molecule has 2 heterocycles. The Hall–Kier alpha value is -2.46. The molecule has 0 aliphatic carbocycles. The monoisotopic (exact) mass is 321 g/mol. The van der Waals surface area contributed by atoms with E-state index in [4.69, 9.17) is 10.7 Å². The lowest BCUT2D eigenvalue weighted by atomic mass is 10.0. The maximum atomic E-state index is 14.2.